The zero-order valence-corrected chi connectivity index (χ0v) is 18.3. The normalized spacial score (nSPS) is 18.9. The van der Waals surface area contributed by atoms with Gasteiger partial charge in [0.15, 0.2) is 0 Å². The molecule has 3 heterocycles. The second-order valence-electron chi connectivity index (χ2n) is 7.81. The van der Waals surface area contributed by atoms with Crippen molar-refractivity contribution in [2.45, 2.75) is 44.6 Å². The van der Waals surface area contributed by atoms with Gasteiger partial charge in [-0.05, 0) is 25.3 Å². The molecule has 0 spiro atoms. The number of rotatable bonds is 6. The summed E-state index contributed by atoms with van der Waals surface area (Å²) in [4.78, 5) is 33.0. The second-order valence-corrected chi connectivity index (χ2v) is 8.89. The summed E-state index contributed by atoms with van der Waals surface area (Å²) in [6.07, 6.45) is -3.58. The van der Waals surface area contributed by atoms with Gasteiger partial charge < -0.3 is 15.0 Å². The predicted molar refractivity (Wildman–Crippen MR) is 112 cm³/mol. The van der Waals surface area contributed by atoms with Gasteiger partial charge in [-0.3, -0.25) is 9.36 Å². The van der Waals surface area contributed by atoms with Crippen LogP contribution in [0.2, 0.25) is 0 Å². The minimum Gasteiger partial charge on any atom is -0.383 e. The SMILES string of the molecule is COCCn1c(=O)n(C2(C(F)(F)F)CC2)c(=O)c2c(C)c(CN3CCN/C3=N\C#N)sc21. The Morgan fingerprint density at radius 3 is 2.66 bits per heavy atom. The molecule has 4 rings (SSSR count). The van der Waals surface area contributed by atoms with Gasteiger partial charge in [0.1, 0.15) is 10.4 Å². The smallest absolute Gasteiger partial charge is 0.383 e. The maximum absolute atomic E-state index is 13.8. The van der Waals surface area contributed by atoms with Crippen LogP contribution in [0, 0.1) is 18.4 Å². The Hall–Kier alpha value is -2.85. The molecular weight excluding hydrogens is 449 g/mol. The lowest BCUT2D eigenvalue weighted by Gasteiger charge is -2.22. The van der Waals surface area contributed by atoms with E-state index in [1.807, 2.05) is 4.90 Å². The number of methoxy groups -OCH3 is 1. The first-order valence-corrected chi connectivity index (χ1v) is 10.8. The number of guanidine groups is 1. The van der Waals surface area contributed by atoms with Crippen LogP contribution in [0.4, 0.5) is 13.2 Å². The lowest BCUT2D eigenvalue weighted by Crippen LogP contribution is -2.51. The largest absolute Gasteiger partial charge is 0.412 e. The molecular formula is C19H21F3N6O3S. The van der Waals surface area contributed by atoms with Crippen LogP contribution >= 0.6 is 11.3 Å². The number of hydrogen-bond acceptors (Lipinski definition) is 6. The number of fused-ring (bicyclic) bond motifs is 1. The molecule has 2 aromatic heterocycles. The van der Waals surface area contributed by atoms with E-state index in [0.29, 0.717) is 45.4 Å². The van der Waals surface area contributed by atoms with E-state index in [9.17, 15) is 22.8 Å². The third-order valence-electron chi connectivity index (χ3n) is 5.96. The third-order valence-corrected chi connectivity index (χ3v) is 7.26. The zero-order valence-electron chi connectivity index (χ0n) is 17.5. The van der Waals surface area contributed by atoms with Gasteiger partial charge in [0.05, 0.1) is 25.1 Å². The van der Waals surface area contributed by atoms with E-state index in [0.717, 1.165) is 0 Å². The van der Waals surface area contributed by atoms with Crippen molar-refractivity contribution in [3.8, 4) is 6.19 Å². The van der Waals surface area contributed by atoms with Gasteiger partial charge in [-0.25, -0.2) is 9.36 Å². The molecule has 0 amide bonds. The molecule has 1 aliphatic heterocycles. The zero-order chi connectivity index (χ0) is 23.3. The van der Waals surface area contributed by atoms with E-state index in [4.69, 9.17) is 10.00 Å². The Morgan fingerprint density at radius 1 is 1.34 bits per heavy atom. The van der Waals surface area contributed by atoms with Gasteiger partial charge in [0.2, 0.25) is 12.2 Å². The summed E-state index contributed by atoms with van der Waals surface area (Å²) in [6.45, 7) is 3.26. The Balaban J connectivity index is 1.91. The number of nitrogens with zero attached hydrogens (tertiary/aromatic N) is 5. The number of nitriles is 1. The Morgan fingerprint density at radius 2 is 2.06 bits per heavy atom. The average molecular weight is 470 g/mol. The van der Waals surface area contributed by atoms with Crippen molar-refractivity contribution in [3.05, 3.63) is 31.3 Å². The van der Waals surface area contributed by atoms with Crippen LogP contribution in [0.5, 0.6) is 0 Å². The number of aryl methyl sites for hydroxylation is 1. The highest BCUT2D eigenvalue weighted by atomic mass is 32.1. The maximum atomic E-state index is 13.8. The quantitative estimate of drug-likeness (QED) is 0.642. The predicted octanol–water partition coefficient (Wildman–Crippen LogP) is 1.47. The van der Waals surface area contributed by atoms with E-state index in [1.54, 1.807) is 13.1 Å². The summed E-state index contributed by atoms with van der Waals surface area (Å²) in [5.74, 6) is 0.396. The van der Waals surface area contributed by atoms with Gasteiger partial charge in [0.25, 0.3) is 5.56 Å². The highest BCUT2D eigenvalue weighted by molar-refractivity contribution is 7.18. The summed E-state index contributed by atoms with van der Waals surface area (Å²) in [7, 11) is 1.43. The van der Waals surface area contributed by atoms with E-state index in [-0.39, 0.29) is 31.4 Å². The van der Waals surface area contributed by atoms with Crippen molar-refractivity contribution in [1.82, 2.24) is 19.4 Å². The standard InChI is InChI=1S/C19H21F3N6O3S/c1-11-12(9-26-6-5-24-16(26)25-10-23)32-15-13(11)14(29)28(17(30)27(15)7-8-31-2)18(3-4-18)19(20,21)22/h3-9H2,1-2H3,(H,24,25). The Kier molecular flexibility index (Phi) is 5.54. The molecule has 2 aliphatic rings. The first-order valence-electron chi connectivity index (χ1n) is 9.96. The molecule has 0 unspecified atom stereocenters. The van der Waals surface area contributed by atoms with E-state index in [2.05, 4.69) is 10.3 Å². The number of nitrogens with one attached hydrogen (secondary N) is 1. The fraction of sp³-hybridized carbons (Fsp3) is 0.579. The maximum Gasteiger partial charge on any atom is 0.412 e. The summed E-state index contributed by atoms with van der Waals surface area (Å²) < 4.78 is 48.2. The summed E-state index contributed by atoms with van der Waals surface area (Å²) >= 11 is 1.19. The molecule has 32 heavy (non-hydrogen) atoms. The highest BCUT2D eigenvalue weighted by Crippen LogP contribution is 2.54. The van der Waals surface area contributed by atoms with Crippen LogP contribution < -0.4 is 16.6 Å². The number of ether oxygens (including phenoxy) is 1. The van der Waals surface area contributed by atoms with Crippen LogP contribution in [0.3, 0.4) is 0 Å². The van der Waals surface area contributed by atoms with Crippen LogP contribution in [-0.2, 0) is 23.4 Å². The lowest BCUT2D eigenvalue weighted by atomic mass is 10.2. The van der Waals surface area contributed by atoms with Crippen LogP contribution in [-0.4, -0.2) is 53.0 Å². The summed E-state index contributed by atoms with van der Waals surface area (Å²) in [5, 5.41) is 12.0. The number of aromatic nitrogens is 2. The van der Waals surface area contributed by atoms with Crippen molar-refractivity contribution < 1.29 is 17.9 Å². The van der Waals surface area contributed by atoms with Crippen molar-refractivity contribution in [2.75, 3.05) is 26.8 Å². The molecule has 0 atom stereocenters. The minimum absolute atomic E-state index is 0.0197. The molecule has 1 saturated heterocycles. The van der Waals surface area contributed by atoms with Gasteiger partial charge in [0, 0.05) is 25.1 Å². The molecule has 1 aliphatic carbocycles. The van der Waals surface area contributed by atoms with Crippen LogP contribution in [0.1, 0.15) is 23.3 Å². The van der Waals surface area contributed by atoms with Gasteiger partial charge in [-0.2, -0.15) is 18.4 Å². The van der Waals surface area contributed by atoms with Gasteiger partial charge in [-0.1, -0.05) is 0 Å². The molecule has 0 radical (unpaired) electrons. The van der Waals surface area contributed by atoms with Crippen molar-refractivity contribution in [1.29, 1.82) is 5.26 Å². The molecule has 0 aromatic carbocycles. The molecule has 1 N–H and O–H groups in total. The van der Waals surface area contributed by atoms with Gasteiger partial charge >= 0.3 is 11.9 Å². The first-order chi connectivity index (χ1) is 15.2. The molecule has 1 saturated carbocycles. The van der Waals surface area contributed by atoms with Crippen molar-refractivity contribution in [2.24, 2.45) is 4.99 Å². The minimum atomic E-state index is -4.71. The number of alkyl halides is 3. The Labute approximate surface area is 184 Å². The van der Waals surface area contributed by atoms with Crippen LogP contribution in [0.25, 0.3) is 10.2 Å². The molecule has 9 nitrogen and oxygen atoms in total. The van der Waals surface area contributed by atoms with E-state index in [1.165, 1.54) is 23.0 Å². The molecule has 13 heteroatoms. The van der Waals surface area contributed by atoms with Crippen LogP contribution in [0.15, 0.2) is 14.6 Å². The summed E-state index contributed by atoms with van der Waals surface area (Å²) in [6, 6.07) is 0. The van der Waals surface area contributed by atoms with E-state index >= 15 is 0 Å². The van der Waals surface area contributed by atoms with Crippen molar-refractivity contribution >= 4 is 27.5 Å². The number of thiophene rings is 1. The molecule has 2 fully saturated rings. The van der Waals surface area contributed by atoms with E-state index < -0.39 is 23.0 Å². The summed E-state index contributed by atoms with van der Waals surface area (Å²) in [5.41, 5.74) is -3.82. The number of aliphatic imine (C=N–C) groups is 1. The number of halogens is 3. The number of hydrogen-bond donors (Lipinski definition) is 1. The second kappa shape index (κ2) is 7.93. The third kappa shape index (κ3) is 3.38. The highest BCUT2D eigenvalue weighted by Gasteiger charge is 2.66. The monoisotopic (exact) mass is 470 g/mol. The fourth-order valence-electron chi connectivity index (χ4n) is 4.06. The lowest BCUT2D eigenvalue weighted by molar-refractivity contribution is -0.181. The Bertz CT molecular complexity index is 1250. The fourth-order valence-corrected chi connectivity index (χ4v) is 5.39. The molecule has 0 bridgehead atoms. The van der Waals surface area contributed by atoms with Crippen molar-refractivity contribution in [3.63, 3.8) is 0 Å². The first kappa shape index (κ1) is 22.3. The molecule has 172 valence electrons. The average Bonchev–Trinajstić information content (AvgIpc) is 3.32. The topological polar surface area (TPSA) is 105 Å². The molecule has 2 aromatic rings. The van der Waals surface area contributed by atoms with Gasteiger partial charge in [-0.15, -0.1) is 16.3 Å².